The van der Waals surface area contributed by atoms with Crippen molar-refractivity contribution < 1.29 is 4.79 Å². The van der Waals surface area contributed by atoms with Crippen molar-refractivity contribution in [3.8, 4) is 0 Å². The van der Waals surface area contributed by atoms with Crippen molar-refractivity contribution in [2.75, 3.05) is 12.8 Å². The van der Waals surface area contributed by atoms with Crippen LogP contribution in [0.4, 0.5) is 0 Å². The molecule has 0 fully saturated rings. The summed E-state index contributed by atoms with van der Waals surface area (Å²) in [4.78, 5) is 30.8. The average molecular weight is 443 g/mol. The van der Waals surface area contributed by atoms with E-state index in [-0.39, 0.29) is 11.9 Å². The van der Waals surface area contributed by atoms with Crippen molar-refractivity contribution in [1.82, 2.24) is 19.9 Å². The molecule has 1 amide bonds. The Morgan fingerprint density at radius 2 is 1.90 bits per heavy atom. The minimum absolute atomic E-state index is 0.0655. The van der Waals surface area contributed by atoms with Crippen molar-refractivity contribution in [3.63, 3.8) is 0 Å². The second-order valence-electron chi connectivity index (χ2n) is 7.03. The Morgan fingerprint density at radius 1 is 1.14 bits per heavy atom. The number of thiazole rings is 1. The number of nitrogens with zero attached hydrogens (tertiary/aromatic N) is 4. The molecule has 5 nitrogen and oxygen atoms in total. The SMILES string of the molecule is Cc1nc(SCC(=O)N(C)[C@H](C)c2nc3ccccc3s2)c2c(C)c(C)sc2n1. The van der Waals surface area contributed by atoms with Gasteiger partial charge in [0.25, 0.3) is 0 Å². The van der Waals surface area contributed by atoms with Gasteiger partial charge in [0.2, 0.25) is 5.91 Å². The van der Waals surface area contributed by atoms with Gasteiger partial charge in [-0.15, -0.1) is 22.7 Å². The van der Waals surface area contributed by atoms with Crippen LogP contribution in [0.5, 0.6) is 0 Å². The Morgan fingerprint density at radius 3 is 2.66 bits per heavy atom. The molecule has 0 bridgehead atoms. The van der Waals surface area contributed by atoms with Gasteiger partial charge in [-0.3, -0.25) is 4.79 Å². The largest absolute Gasteiger partial charge is 0.336 e. The summed E-state index contributed by atoms with van der Waals surface area (Å²) < 4.78 is 1.15. The summed E-state index contributed by atoms with van der Waals surface area (Å²) in [5.41, 5.74) is 2.19. The van der Waals surface area contributed by atoms with Crippen molar-refractivity contribution in [1.29, 1.82) is 0 Å². The van der Waals surface area contributed by atoms with Crippen molar-refractivity contribution in [2.24, 2.45) is 0 Å². The molecule has 4 aromatic rings. The number of hydrogen-bond acceptors (Lipinski definition) is 7. The molecular formula is C21H22N4OS3. The van der Waals surface area contributed by atoms with E-state index < -0.39 is 0 Å². The zero-order valence-corrected chi connectivity index (χ0v) is 19.5. The van der Waals surface area contributed by atoms with Crippen LogP contribution in [0.1, 0.15) is 34.2 Å². The van der Waals surface area contributed by atoms with Gasteiger partial charge in [-0.2, -0.15) is 0 Å². The highest BCUT2D eigenvalue weighted by Gasteiger charge is 2.22. The molecule has 0 radical (unpaired) electrons. The zero-order valence-electron chi connectivity index (χ0n) is 17.0. The molecule has 150 valence electrons. The van der Waals surface area contributed by atoms with E-state index in [1.807, 2.05) is 39.1 Å². The van der Waals surface area contributed by atoms with Gasteiger partial charge in [0.1, 0.15) is 20.7 Å². The lowest BCUT2D eigenvalue weighted by Crippen LogP contribution is -2.31. The molecule has 1 atom stereocenters. The number of thioether (sulfide) groups is 1. The smallest absolute Gasteiger partial charge is 0.233 e. The van der Waals surface area contributed by atoms with Gasteiger partial charge in [0.15, 0.2) is 0 Å². The molecule has 29 heavy (non-hydrogen) atoms. The van der Waals surface area contributed by atoms with Crippen LogP contribution in [0.3, 0.4) is 0 Å². The standard InChI is InChI=1S/C21H22N4OS3/c1-11-13(3)28-21-18(11)20(22-14(4)23-21)27-10-17(26)25(5)12(2)19-24-15-8-6-7-9-16(15)29-19/h6-9,12H,10H2,1-5H3/t12-/m1/s1. The molecule has 0 saturated carbocycles. The first kappa shape index (κ1) is 20.3. The van der Waals surface area contributed by atoms with Crippen LogP contribution in [0.2, 0.25) is 0 Å². The van der Waals surface area contributed by atoms with Crippen LogP contribution in [0.15, 0.2) is 29.3 Å². The molecule has 3 aromatic heterocycles. The van der Waals surface area contributed by atoms with Crippen molar-refractivity contribution in [2.45, 2.75) is 38.8 Å². The van der Waals surface area contributed by atoms with E-state index in [1.165, 1.54) is 22.2 Å². The van der Waals surface area contributed by atoms with Gasteiger partial charge in [-0.25, -0.2) is 15.0 Å². The van der Waals surface area contributed by atoms with E-state index in [2.05, 4.69) is 29.9 Å². The number of thiophene rings is 1. The molecule has 0 aliphatic rings. The molecule has 0 saturated heterocycles. The van der Waals surface area contributed by atoms with Crippen LogP contribution in [-0.2, 0) is 4.79 Å². The Hall–Kier alpha value is -2.03. The lowest BCUT2D eigenvalue weighted by molar-refractivity contribution is -0.128. The molecule has 0 N–H and O–H groups in total. The maximum atomic E-state index is 12.9. The predicted molar refractivity (Wildman–Crippen MR) is 123 cm³/mol. The Labute approximate surface area is 182 Å². The third-order valence-electron chi connectivity index (χ3n) is 5.08. The van der Waals surface area contributed by atoms with Gasteiger partial charge >= 0.3 is 0 Å². The average Bonchev–Trinajstić information content (AvgIpc) is 3.25. The fourth-order valence-corrected chi connectivity index (χ4v) is 6.36. The molecule has 0 aliphatic heterocycles. The number of amides is 1. The van der Waals surface area contributed by atoms with E-state index in [0.717, 1.165) is 36.3 Å². The summed E-state index contributed by atoms with van der Waals surface area (Å²) in [5.74, 6) is 1.15. The molecule has 0 aliphatic carbocycles. The first-order valence-electron chi connectivity index (χ1n) is 9.33. The summed E-state index contributed by atoms with van der Waals surface area (Å²) in [6.07, 6.45) is 0. The van der Waals surface area contributed by atoms with Crippen molar-refractivity contribution >= 4 is 60.8 Å². The molecule has 0 spiro atoms. The van der Waals surface area contributed by atoms with E-state index in [4.69, 9.17) is 4.98 Å². The second kappa shape index (κ2) is 8.01. The Kier molecular flexibility index (Phi) is 5.59. The second-order valence-corrected chi connectivity index (χ2v) is 10.3. The number of rotatable bonds is 5. The van der Waals surface area contributed by atoms with Gasteiger partial charge in [0.05, 0.1) is 22.0 Å². The summed E-state index contributed by atoms with van der Waals surface area (Å²) in [6, 6.07) is 8.00. The first-order chi connectivity index (χ1) is 13.8. The van der Waals surface area contributed by atoms with Gasteiger partial charge < -0.3 is 4.90 Å². The highest BCUT2D eigenvalue weighted by Crippen LogP contribution is 2.35. The fraction of sp³-hybridized carbons (Fsp3) is 0.333. The lowest BCUT2D eigenvalue weighted by Gasteiger charge is -2.23. The fourth-order valence-electron chi connectivity index (χ4n) is 3.10. The summed E-state index contributed by atoms with van der Waals surface area (Å²) in [5, 5.41) is 2.93. The number of carbonyl (C=O) groups excluding carboxylic acids is 1. The maximum Gasteiger partial charge on any atom is 0.233 e. The number of hydrogen-bond donors (Lipinski definition) is 0. The third kappa shape index (κ3) is 3.89. The highest BCUT2D eigenvalue weighted by molar-refractivity contribution is 8.00. The van der Waals surface area contributed by atoms with Gasteiger partial charge in [-0.1, -0.05) is 23.9 Å². The number of benzene rings is 1. The first-order valence-corrected chi connectivity index (χ1v) is 11.9. The minimum Gasteiger partial charge on any atom is -0.336 e. The van der Waals surface area contributed by atoms with Crippen LogP contribution >= 0.6 is 34.4 Å². The molecule has 4 rings (SSSR count). The summed E-state index contributed by atoms with van der Waals surface area (Å²) in [7, 11) is 1.85. The molecular weight excluding hydrogens is 420 g/mol. The van der Waals surface area contributed by atoms with Crippen molar-refractivity contribution in [3.05, 3.63) is 45.5 Å². The summed E-state index contributed by atoms with van der Waals surface area (Å²) >= 11 is 4.82. The van der Waals surface area contributed by atoms with E-state index in [0.29, 0.717) is 5.75 Å². The normalized spacial score (nSPS) is 12.6. The molecule has 3 heterocycles. The number of carbonyl (C=O) groups is 1. The summed E-state index contributed by atoms with van der Waals surface area (Å²) in [6.45, 7) is 8.13. The zero-order chi connectivity index (χ0) is 20.7. The lowest BCUT2D eigenvalue weighted by atomic mass is 10.2. The number of fused-ring (bicyclic) bond motifs is 2. The third-order valence-corrected chi connectivity index (χ3v) is 8.35. The van der Waals surface area contributed by atoms with E-state index in [1.54, 1.807) is 27.6 Å². The van der Waals surface area contributed by atoms with Gasteiger partial charge in [0, 0.05) is 17.3 Å². The molecule has 0 unspecified atom stereocenters. The number of aromatic nitrogens is 3. The minimum atomic E-state index is -0.0715. The quantitative estimate of drug-likeness (QED) is 0.300. The highest BCUT2D eigenvalue weighted by atomic mass is 32.2. The van der Waals surface area contributed by atoms with E-state index >= 15 is 0 Å². The Balaban J connectivity index is 1.51. The number of aryl methyl sites for hydroxylation is 3. The Bertz CT molecular complexity index is 1180. The maximum absolute atomic E-state index is 12.9. The van der Waals surface area contributed by atoms with Crippen LogP contribution in [0.25, 0.3) is 20.4 Å². The van der Waals surface area contributed by atoms with Crippen LogP contribution in [-0.4, -0.2) is 38.6 Å². The monoisotopic (exact) mass is 442 g/mol. The van der Waals surface area contributed by atoms with Crippen LogP contribution < -0.4 is 0 Å². The van der Waals surface area contributed by atoms with Crippen LogP contribution in [0, 0.1) is 20.8 Å². The topological polar surface area (TPSA) is 59.0 Å². The molecule has 8 heteroatoms. The van der Waals surface area contributed by atoms with E-state index in [9.17, 15) is 4.79 Å². The predicted octanol–water partition coefficient (Wildman–Crippen LogP) is 5.54. The van der Waals surface area contributed by atoms with Gasteiger partial charge in [-0.05, 0) is 45.4 Å². The number of para-hydroxylation sites is 1. The molecule has 1 aromatic carbocycles.